The zero-order valence-electron chi connectivity index (χ0n) is 16.7. The molecule has 6 nitrogen and oxygen atoms in total. The van der Waals surface area contributed by atoms with Crippen molar-refractivity contribution in [3.8, 4) is 11.3 Å². The maximum absolute atomic E-state index is 12.9. The van der Waals surface area contributed by atoms with E-state index in [9.17, 15) is 22.8 Å². The van der Waals surface area contributed by atoms with E-state index >= 15 is 0 Å². The number of furan rings is 1. The van der Waals surface area contributed by atoms with Crippen molar-refractivity contribution < 1.29 is 27.2 Å². The Hall–Kier alpha value is -2.81. The minimum atomic E-state index is -4.45. The second-order valence-electron chi connectivity index (χ2n) is 7.16. The molecule has 1 aromatic carbocycles. The summed E-state index contributed by atoms with van der Waals surface area (Å²) in [5.41, 5.74) is -0.518. The van der Waals surface area contributed by atoms with Crippen LogP contribution in [0.25, 0.3) is 11.3 Å². The minimum absolute atomic E-state index is 0.0339. The first-order valence-electron chi connectivity index (χ1n) is 9.83. The molecule has 2 aromatic rings. The van der Waals surface area contributed by atoms with Crippen LogP contribution in [0.1, 0.15) is 29.5 Å². The number of hydrogen-bond donors (Lipinski definition) is 1. The Bertz CT molecular complexity index is 887. The van der Waals surface area contributed by atoms with E-state index in [2.05, 4.69) is 5.32 Å². The van der Waals surface area contributed by atoms with E-state index in [0.717, 1.165) is 18.6 Å². The van der Waals surface area contributed by atoms with Crippen molar-refractivity contribution in [1.29, 1.82) is 0 Å². The molecule has 1 aliphatic heterocycles. The molecule has 2 amide bonds. The van der Waals surface area contributed by atoms with Crippen LogP contribution in [0.2, 0.25) is 0 Å². The highest BCUT2D eigenvalue weighted by Gasteiger charge is 2.31. The number of alkyl halides is 3. The van der Waals surface area contributed by atoms with Crippen LogP contribution in [0.4, 0.5) is 13.2 Å². The molecule has 1 saturated heterocycles. The molecule has 0 radical (unpaired) electrons. The Morgan fingerprint density at radius 3 is 2.50 bits per heavy atom. The van der Waals surface area contributed by atoms with E-state index in [1.807, 2.05) is 11.8 Å². The van der Waals surface area contributed by atoms with Gasteiger partial charge >= 0.3 is 6.18 Å². The van der Waals surface area contributed by atoms with Crippen molar-refractivity contribution in [2.24, 2.45) is 0 Å². The SMILES string of the molecule is CCCNC(=O)CN1CCN(C(=O)c2ccc(-c3cccc(C(F)(F)F)c3)o2)CC1. The molecule has 1 N–H and O–H groups in total. The molecule has 162 valence electrons. The van der Waals surface area contributed by atoms with Crippen LogP contribution < -0.4 is 5.32 Å². The number of nitrogens with zero attached hydrogens (tertiary/aromatic N) is 2. The molecule has 0 aliphatic carbocycles. The summed E-state index contributed by atoms with van der Waals surface area (Å²) in [6.07, 6.45) is -3.58. The quantitative estimate of drug-likeness (QED) is 0.775. The van der Waals surface area contributed by atoms with Crippen molar-refractivity contribution in [1.82, 2.24) is 15.1 Å². The summed E-state index contributed by atoms with van der Waals surface area (Å²) in [6.45, 7) is 4.93. The molecular formula is C21H24F3N3O3. The lowest BCUT2D eigenvalue weighted by Crippen LogP contribution is -2.51. The second-order valence-corrected chi connectivity index (χ2v) is 7.16. The number of hydrogen-bond acceptors (Lipinski definition) is 4. The molecule has 1 fully saturated rings. The zero-order valence-corrected chi connectivity index (χ0v) is 16.7. The summed E-state index contributed by atoms with van der Waals surface area (Å²) >= 11 is 0. The van der Waals surface area contributed by atoms with Gasteiger partial charge in [0.15, 0.2) is 5.76 Å². The Balaban J connectivity index is 1.59. The molecule has 0 saturated carbocycles. The third kappa shape index (κ3) is 5.41. The van der Waals surface area contributed by atoms with Crippen molar-refractivity contribution in [2.45, 2.75) is 19.5 Å². The van der Waals surface area contributed by atoms with Crippen LogP contribution in [0.3, 0.4) is 0 Å². The summed E-state index contributed by atoms with van der Waals surface area (Å²) < 4.78 is 44.3. The van der Waals surface area contributed by atoms with Gasteiger partial charge in [-0.1, -0.05) is 19.1 Å². The van der Waals surface area contributed by atoms with Gasteiger partial charge < -0.3 is 14.6 Å². The predicted molar refractivity (Wildman–Crippen MR) is 105 cm³/mol. The number of rotatable bonds is 6. The summed E-state index contributed by atoms with van der Waals surface area (Å²) in [7, 11) is 0. The Morgan fingerprint density at radius 2 is 1.83 bits per heavy atom. The van der Waals surface area contributed by atoms with Gasteiger partial charge in [0.2, 0.25) is 5.91 Å². The van der Waals surface area contributed by atoms with Crippen LogP contribution in [-0.2, 0) is 11.0 Å². The minimum Gasteiger partial charge on any atom is -0.451 e. The lowest BCUT2D eigenvalue weighted by atomic mass is 10.1. The number of benzene rings is 1. The van der Waals surface area contributed by atoms with Gasteiger partial charge in [-0.05, 0) is 30.7 Å². The molecule has 2 heterocycles. The Kier molecular flexibility index (Phi) is 6.81. The van der Waals surface area contributed by atoms with Crippen LogP contribution in [0.15, 0.2) is 40.8 Å². The first-order valence-corrected chi connectivity index (χ1v) is 9.83. The molecule has 9 heteroatoms. The first kappa shape index (κ1) is 21.9. The average Bonchev–Trinajstić information content (AvgIpc) is 3.22. The van der Waals surface area contributed by atoms with E-state index in [-0.39, 0.29) is 28.9 Å². The molecular weight excluding hydrogens is 399 g/mol. The Labute approximate surface area is 172 Å². The molecule has 0 unspecified atom stereocenters. The molecule has 3 rings (SSSR count). The standard InChI is InChI=1S/C21H24F3N3O3/c1-2-8-25-19(28)14-26-9-11-27(12-10-26)20(29)18-7-6-17(30-18)15-4-3-5-16(13-15)21(22,23)24/h3-7,13H,2,8-12,14H2,1H3,(H,25,28). The van der Waals surface area contributed by atoms with Gasteiger partial charge in [-0.25, -0.2) is 0 Å². The van der Waals surface area contributed by atoms with Gasteiger partial charge in [-0.3, -0.25) is 14.5 Å². The molecule has 0 bridgehead atoms. The molecule has 0 spiro atoms. The summed E-state index contributed by atoms with van der Waals surface area (Å²) in [4.78, 5) is 28.1. The van der Waals surface area contributed by atoms with E-state index in [1.54, 1.807) is 4.90 Å². The summed E-state index contributed by atoms with van der Waals surface area (Å²) in [5.74, 6) is -0.0658. The van der Waals surface area contributed by atoms with Crippen LogP contribution in [0.5, 0.6) is 0 Å². The first-order chi connectivity index (χ1) is 14.3. The monoisotopic (exact) mass is 423 g/mol. The summed E-state index contributed by atoms with van der Waals surface area (Å²) in [5, 5.41) is 2.82. The summed E-state index contributed by atoms with van der Waals surface area (Å²) in [6, 6.07) is 7.76. The fraction of sp³-hybridized carbons (Fsp3) is 0.429. The normalized spacial score (nSPS) is 15.3. The van der Waals surface area contributed by atoms with Crippen molar-refractivity contribution >= 4 is 11.8 Å². The van der Waals surface area contributed by atoms with Crippen molar-refractivity contribution in [3.05, 3.63) is 47.7 Å². The maximum atomic E-state index is 12.9. The third-order valence-electron chi connectivity index (χ3n) is 4.89. The second kappa shape index (κ2) is 9.34. The van der Waals surface area contributed by atoms with Crippen LogP contribution in [0, 0.1) is 0 Å². The molecule has 1 aliphatic rings. The number of carbonyl (C=O) groups is 2. The van der Waals surface area contributed by atoms with Gasteiger partial charge in [-0.15, -0.1) is 0 Å². The topological polar surface area (TPSA) is 65.8 Å². The zero-order chi connectivity index (χ0) is 21.7. The maximum Gasteiger partial charge on any atom is 0.416 e. The number of nitrogens with one attached hydrogen (secondary N) is 1. The lowest BCUT2D eigenvalue weighted by molar-refractivity contribution is -0.137. The predicted octanol–water partition coefficient (Wildman–Crippen LogP) is 3.25. The van der Waals surface area contributed by atoms with Crippen LogP contribution >= 0.6 is 0 Å². The molecule has 30 heavy (non-hydrogen) atoms. The smallest absolute Gasteiger partial charge is 0.416 e. The van der Waals surface area contributed by atoms with Crippen LogP contribution in [-0.4, -0.2) is 60.9 Å². The number of piperazine rings is 1. The number of carbonyl (C=O) groups excluding carboxylic acids is 2. The van der Waals surface area contributed by atoms with Crippen molar-refractivity contribution in [2.75, 3.05) is 39.3 Å². The fourth-order valence-electron chi connectivity index (χ4n) is 3.25. The van der Waals surface area contributed by atoms with Crippen molar-refractivity contribution in [3.63, 3.8) is 0 Å². The highest BCUT2D eigenvalue weighted by atomic mass is 19.4. The van der Waals surface area contributed by atoms with Gasteiger partial charge in [0.25, 0.3) is 5.91 Å². The molecule has 1 aromatic heterocycles. The Morgan fingerprint density at radius 1 is 1.10 bits per heavy atom. The number of amides is 2. The van der Waals surface area contributed by atoms with Gasteiger partial charge in [-0.2, -0.15) is 13.2 Å². The highest BCUT2D eigenvalue weighted by Crippen LogP contribution is 2.32. The van der Waals surface area contributed by atoms with Gasteiger partial charge in [0.05, 0.1) is 12.1 Å². The van der Waals surface area contributed by atoms with E-state index < -0.39 is 11.7 Å². The van der Waals surface area contributed by atoms with E-state index in [4.69, 9.17) is 4.42 Å². The van der Waals surface area contributed by atoms with E-state index in [1.165, 1.54) is 24.3 Å². The van der Waals surface area contributed by atoms with E-state index in [0.29, 0.717) is 39.3 Å². The highest BCUT2D eigenvalue weighted by molar-refractivity contribution is 5.92. The third-order valence-corrected chi connectivity index (χ3v) is 4.89. The average molecular weight is 423 g/mol. The number of halogens is 3. The van der Waals surface area contributed by atoms with Gasteiger partial charge in [0.1, 0.15) is 5.76 Å². The fourth-order valence-corrected chi connectivity index (χ4v) is 3.25. The molecule has 0 atom stereocenters. The lowest BCUT2D eigenvalue weighted by Gasteiger charge is -2.33. The van der Waals surface area contributed by atoms with Gasteiger partial charge in [0, 0.05) is 38.3 Å². The largest absolute Gasteiger partial charge is 0.451 e.